The third-order valence-corrected chi connectivity index (χ3v) is 7.65. The van der Waals surface area contributed by atoms with E-state index in [1.54, 1.807) is 0 Å². The number of aryl methyl sites for hydroxylation is 1. The lowest BCUT2D eigenvalue weighted by atomic mass is 9.86. The molecule has 0 unspecified atom stereocenters. The van der Waals surface area contributed by atoms with Crippen molar-refractivity contribution in [2.24, 2.45) is 0 Å². The van der Waals surface area contributed by atoms with Crippen LogP contribution in [0.5, 0.6) is 11.5 Å². The Morgan fingerprint density at radius 2 is 1.71 bits per heavy atom. The number of carbonyl (C=O) groups excluding carboxylic acids is 2. The average Bonchev–Trinajstić information content (AvgIpc) is 3.61. The molecule has 3 aromatic rings. The quantitative estimate of drug-likeness (QED) is 0.359. The van der Waals surface area contributed by atoms with Gasteiger partial charge in [-0.15, -0.1) is 0 Å². The van der Waals surface area contributed by atoms with Crippen molar-refractivity contribution in [2.45, 2.75) is 44.4 Å². The molecule has 3 aromatic carbocycles. The molecule has 1 heterocycles. The van der Waals surface area contributed by atoms with Gasteiger partial charge in [0.1, 0.15) is 5.78 Å². The first-order chi connectivity index (χ1) is 18.4. The van der Waals surface area contributed by atoms with Crippen molar-refractivity contribution in [3.05, 3.63) is 82.9 Å². The maximum Gasteiger partial charge on any atom is 0.251 e. The van der Waals surface area contributed by atoms with Crippen LogP contribution in [0.25, 0.3) is 11.1 Å². The monoisotopic (exact) mass is 512 g/mol. The second-order valence-electron chi connectivity index (χ2n) is 10.6. The number of hydrogen-bond acceptors (Lipinski definition) is 5. The second kappa shape index (κ2) is 11.0. The topological polar surface area (TPSA) is 67.9 Å². The number of nitrogens with zero attached hydrogens (tertiary/aromatic N) is 1. The van der Waals surface area contributed by atoms with Crippen molar-refractivity contribution in [2.75, 3.05) is 34.0 Å². The Labute approximate surface area is 225 Å². The van der Waals surface area contributed by atoms with Gasteiger partial charge in [0.15, 0.2) is 11.5 Å². The van der Waals surface area contributed by atoms with Crippen LogP contribution >= 0.6 is 0 Å². The fraction of sp³-hybridized carbons (Fsp3) is 0.375. The van der Waals surface area contributed by atoms with E-state index in [1.807, 2.05) is 56.6 Å². The van der Waals surface area contributed by atoms with Crippen LogP contribution in [0.4, 0.5) is 0 Å². The largest absolute Gasteiger partial charge is 0.454 e. The molecule has 5 rings (SSSR count). The summed E-state index contributed by atoms with van der Waals surface area (Å²) in [6, 6.07) is 20.0. The molecule has 38 heavy (non-hydrogen) atoms. The molecule has 1 amide bonds. The fourth-order valence-electron chi connectivity index (χ4n) is 5.21. The Balaban J connectivity index is 1.29. The minimum Gasteiger partial charge on any atom is -0.454 e. The van der Waals surface area contributed by atoms with Gasteiger partial charge in [0.25, 0.3) is 5.91 Å². The highest BCUT2D eigenvalue weighted by Gasteiger charge is 2.50. The van der Waals surface area contributed by atoms with Crippen molar-refractivity contribution in [3.8, 4) is 22.6 Å². The van der Waals surface area contributed by atoms with Gasteiger partial charge in [-0.1, -0.05) is 43.3 Å². The summed E-state index contributed by atoms with van der Waals surface area (Å²) in [5, 5.41) is 3.00. The van der Waals surface area contributed by atoms with Crippen molar-refractivity contribution in [3.63, 3.8) is 0 Å². The SMILES string of the molecule is CCc1ccc(CC(=O)C2(c3ccc4c(c3)OCO4)CC2)cc1-c1ccc(C(=O)NCCCN(C)C)cc1. The first kappa shape index (κ1) is 26.0. The normalized spacial score (nSPS) is 14.9. The summed E-state index contributed by atoms with van der Waals surface area (Å²) in [4.78, 5) is 28.2. The lowest BCUT2D eigenvalue weighted by Gasteiger charge is -2.17. The zero-order chi connectivity index (χ0) is 26.7. The summed E-state index contributed by atoms with van der Waals surface area (Å²) in [6.45, 7) is 3.96. The molecule has 6 nitrogen and oxygen atoms in total. The van der Waals surface area contributed by atoms with Crippen LogP contribution in [0.1, 0.15) is 53.2 Å². The number of ketones is 1. The Bertz CT molecular complexity index is 1330. The molecule has 1 N–H and O–H groups in total. The molecular formula is C32H36N2O4. The summed E-state index contributed by atoms with van der Waals surface area (Å²) in [5.41, 5.74) is 5.65. The van der Waals surface area contributed by atoms with Gasteiger partial charge in [0.05, 0.1) is 5.41 Å². The number of nitrogens with one attached hydrogen (secondary N) is 1. The highest BCUT2D eigenvalue weighted by Crippen LogP contribution is 2.51. The van der Waals surface area contributed by atoms with E-state index in [-0.39, 0.29) is 18.5 Å². The standard InChI is InChI=1S/C32H36N2O4/c1-4-23-7-6-22(19-30(35)32(14-15-32)26-12-13-28-29(20-26)38-21-37-28)18-27(23)24-8-10-25(11-9-24)31(36)33-16-5-17-34(2)3/h6-13,18,20H,4-5,14-17,19,21H2,1-3H3,(H,33,36). The van der Waals surface area contributed by atoms with Crippen LogP contribution in [-0.2, 0) is 23.1 Å². The summed E-state index contributed by atoms with van der Waals surface area (Å²) in [5.74, 6) is 1.66. The Kier molecular flexibility index (Phi) is 7.52. The zero-order valence-electron chi connectivity index (χ0n) is 22.5. The zero-order valence-corrected chi connectivity index (χ0v) is 22.5. The first-order valence-electron chi connectivity index (χ1n) is 13.5. The van der Waals surface area contributed by atoms with Crippen LogP contribution in [0, 0.1) is 0 Å². The fourth-order valence-corrected chi connectivity index (χ4v) is 5.21. The maximum absolute atomic E-state index is 13.5. The van der Waals surface area contributed by atoms with Gasteiger partial charge >= 0.3 is 0 Å². The van der Waals surface area contributed by atoms with Gasteiger partial charge in [-0.3, -0.25) is 9.59 Å². The van der Waals surface area contributed by atoms with E-state index in [4.69, 9.17) is 9.47 Å². The minimum absolute atomic E-state index is 0.0522. The highest BCUT2D eigenvalue weighted by molar-refractivity contribution is 5.96. The van der Waals surface area contributed by atoms with Gasteiger partial charge in [0, 0.05) is 18.5 Å². The first-order valence-corrected chi connectivity index (χ1v) is 13.5. The third kappa shape index (κ3) is 5.46. The van der Waals surface area contributed by atoms with Crippen molar-refractivity contribution >= 4 is 11.7 Å². The molecule has 1 fully saturated rings. The highest BCUT2D eigenvalue weighted by atomic mass is 16.7. The lowest BCUT2D eigenvalue weighted by molar-refractivity contribution is -0.120. The molecule has 1 aliphatic carbocycles. The molecule has 0 aromatic heterocycles. The molecule has 0 radical (unpaired) electrons. The van der Waals surface area contributed by atoms with E-state index < -0.39 is 5.41 Å². The molecule has 0 atom stereocenters. The van der Waals surface area contributed by atoms with Crippen molar-refractivity contribution < 1.29 is 19.1 Å². The van der Waals surface area contributed by atoms with E-state index >= 15 is 0 Å². The molecular weight excluding hydrogens is 476 g/mol. The van der Waals surface area contributed by atoms with Gasteiger partial charge < -0.3 is 19.7 Å². The van der Waals surface area contributed by atoms with Crippen LogP contribution < -0.4 is 14.8 Å². The number of benzene rings is 3. The number of Topliss-reactive ketones (excluding diaryl/α,β-unsaturated/α-hetero) is 1. The number of carbonyl (C=O) groups is 2. The van der Waals surface area contributed by atoms with Crippen LogP contribution in [-0.4, -0.2) is 50.6 Å². The van der Waals surface area contributed by atoms with E-state index in [0.717, 1.165) is 66.0 Å². The molecule has 0 saturated heterocycles. The summed E-state index contributed by atoms with van der Waals surface area (Å²) in [7, 11) is 4.05. The molecule has 6 heteroatoms. The lowest BCUT2D eigenvalue weighted by Crippen LogP contribution is -2.27. The number of hydrogen-bond donors (Lipinski definition) is 1. The summed E-state index contributed by atoms with van der Waals surface area (Å²) < 4.78 is 11.0. The molecule has 198 valence electrons. The molecule has 0 spiro atoms. The maximum atomic E-state index is 13.5. The predicted molar refractivity (Wildman–Crippen MR) is 149 cm³/mol. The summed E-state index contributed by atoms with van der Waals surface area (Å²) in [6.07, 6.45) is 3.92. The smallest absolute Gasteiger partial charge is 0.251 e. The average molecular weight is 513 g/mol. The van der Waals surface area contributed by atoms with E-state index in [1.165, 1.54) is 5.56 Å². The number of ether oxygens (including phenoxy) is 2. The number of rotatable bonds is 11. The van der Waals surface area contributed by atoms with E-state index in [2.05, 4.69) is 35.3 Å². The van der Waals surface area contributed by atoms with Crippen LogP contribution in [0.2, 0.25) is 0 Å². The van der Waals surface area contributed by atoms with E-state index in [0.29, 0.717) is 18.5 Å². The van der Waals surface area contributed by atoms with Crippen LogP contribution in [0.3, 0.4) is 0 Å². The molecule has 0 bridgehead atoms. The molecule has 1 aliphatic heterocycles. The van der Waals surface area contributed by atoms with Gasteiger partial charge in [-0.2, -0.15) is 0 Å². The third-order valence-electron chi connectivity index (χ3n) is 7.65. The van der Waals surface area contributed by atoms with Crippen molar-refractivity contribution in [1.82, 2.24) is 10.2 Å². The second-order valence-corrected chi connectivity index (χ2v) is 10.6. The predicted octanol–water partition coefficient (Wildman–Crippen LogP) is 5.17. The van der Waals surface area contributed by atoms with E-state index in [9.17, 15) is 9.59 Å². The Morgan fingerprint density at radius 1 is 0.947 bits per heavy atom. The van der Waals surface area contributed by atoms with Gasteiger partial charge in [-0.25, -0.2) is 0 Å². The summed E-state index contributed by atoms with van der Waals surface area (Å²) >= 11 is 0. The van der Waals surface area contributed by atoms with Gasteiger partial charge in [-0.05, 0) is 98.4 Å². The Morgan fingerprint density at radius 3 is 2.42 bits per heavy atom. The van der Waals surface area contributed by atoms with Crippen LogP contribution in [0.15, 0.2) is 60.7 Å². The number of fused-ring (bicyclic) bond motifs is 1. The van der Waals surface area contributed by atoms with Crippen molar-refractivity contribution in [1.29, 1.82) is 0 Å². The number of amides is 1. The van der Waals surface area contributed by atoms with Gasteiger partial charge in [0.2, 0.25) is 6.79 Å². The molecule has 2 aliphatic rings. The Hall–Kier alpha value is -3.64. The molecule has 1 saturated carbocycles. The minimum atomic E-state index is -0.424.